The lowest BCUT2D eigenvalue weighted by Gasteiger charge is -2.07. The van der Waals surface area contributed by atoms with Crippen LogP contribution in [0.4, 0.5) is 0 Å². The molecule has 2 heteroatoms. The molecule has 0 aromatic rings. The number of hydrogen-bond acceptors (Lipinski definition) is 2. The maximum atomic E-state index is 11.1. The van der Waals surface area contributed by atoms with Crippen LogP contribution in [-0.4, -0.2) is 31.3 Å². The zero-order valence-electron chi connectivity index (χ0n) is 7.68. The molecule has 0 aromatic heterocycles. The summed E-state index contributed by atoms with van der Waals surface area (Å²) in [5.74, 6) is 0.290. The van der Waals surface area contributed by atoms with E-state index in [2.05, 4.69) is 6.58 Å². The van der Waals surface area contributed by atoms with Crippen LogP contribution in [0.25, 0.3) is 0 Å². The highest BCUT2D eigenvalue weighted by Gasteiger charge is 2.02. The van der Waals surface area contributed by atoms with E-state index in [1.165, 1.54) is 0 Å². The minimum atomic E-state index is 0.290. The number of rotatable bonds is 5. The van der Waals surface area contributed by atoms with Crippen LogP contribution in [0.5, 0.6) is 0 Å². The molecule has 2 nitrogen and oxygen atoms in total. The van der Waals surface area contributed by atoms with E-state index < -0.39 is 0 Å². The van der Waals surface area contributed by atoms with Crippen LogP contribution in [0, 0.1) is 0 Å². The zero-order valence-corrected chi connectivity index (χ0v) is 7.68. The van der Waals surface area contributed by atoms with E-state index in [-0.39, 0.29) is 5.78 Å². The minimum absolute atomic E-state index is 0.290. The maximum absolute atomic E-state index is 11.1. The fraction of sp³-hybridized carbons (Fsp3) is 0.667. The Hall–Kier alpha value is -0.630. The van der Waals surface area contributed by atoms with Gasteiger partial charge in [-0.15, -0.1) is 6.58 Å². The van der Waals surface area contributed by atoms with E-state index in [0.29, 0.717) is 13.0 Å². The lowest BCUT2D eigenvalue weighted by Crippen LogP contribution is -2.21. The van der Waals surface area contributed by atoms with Gasteiger partial charge < -0.3 is 4.90 Å². The summed E-state index contributed by atoms with van der Waals surface area (Å²) in [6.07, 6.45) is 1.46. The molecule has 0 bridgehead atoms. The third-order valence-corrected chi connectivity index (χ3v) is 1.32. The smallest absolute Gasteiger partial charge is 0.147 e. The number of allylic oxidation sites excluding steroid dienone is 1. The van der Waals surface area contributed by atoms with Gasteiger partial charge in [0, 0.05) is 6.42 Å². The lowest BCUT2D eigenvalue weighted by molar-refractivity contribution is -0.119. The molecule has 0 saturated carbocycles. The Labute approximate surface area is 68.9 Å². The fourth-order valence-corrected chi connectivity index (χ4v) is 0.785. The Morgan fingerprint density at radius 1 is 1.36 bits per heavy atom. The number of hydrogen-bond donors (Lipinski definition) is 0. The van der Waals surface area contributed by atoms with Crippen molar-refractivity contribution in [1.82, 2.24) is 4.90 Å². The molecule has 0 saturated heterocycles. The summed E-state index contributed by atoms with van der Waals surface area (Å²) in [5, 5.41) is 0. The molecule has 0 N–H and O–H groups in total. The molecule has 64 valence electrons. The largest absolute Gasteiger partial charge is 0.302 e. The van der Waals surface area contributed by atoms with Gasteiger partial charge >= 0.3 is 0 Å². The molecule has 0 aliphatic heterocycles. The molecule has 0 unspecified atom stereocenters. The van der Waals surface area contributed by atoms with Gasteiger partial charge in [-0.2, -0.15) is 0 Å². The number of carbonyl (C=O) groups is 1. The highest BCUT2D eigenvalue weighted by molar-refractivity contribution is 5.80. The van der Waals surface area contributed by atoms with E-state index in [9.17, 15) is 4.79 Å². The molecule has 0 aliphatic carbocycles. The SMILES string of the molecule is C=C(C)CCC(=O)CN(C)C. The molecule has 0 amide bonds. The molecule has 0 fully saturated rings. The van der Waals surface area contributed by atoms with E-state index in [4.69, 9.17) is 0 Å². The van der Waals surface area contributed by atoms with Crippen molar-refractivity contribution >= 4 is 5.78 Å². The first kappa shape index (κ1) is 10.4. The van der Waals surface area contributed by atoms with Gasteiger partial charge in [0.05, 0.1) is 6.54 Å². The predicted molar refractivity (Wildman–Crippen MR) is 47.6 cm³/mol. The number of ketones is 1. The summed E-state index contributed by atoms with van der Waals surface area (Å²) in [6, 6.07) is 0. The Balaban J connectivity index is 3.45. The van der Waals surface area contributed by atoms with Gasteiger partial charge in [-0.05, 0) is 27.4 Å². The summed E-state index contributed by atoms with van der Waals surface area (Å²) in [5.41, 5.74) is 1.08. The molecule has 11 heavy (non-hydrogen) atoms. The topological polar surface area (TPSA) is 20.3 Å². The third kappa shape index (κ3) is 7.26. The van der Waals surface area contributed by atoms with E-state index in [1.54, 1.807) is 0 Å². The monoisotopic (exact) mass is 155 g/mol. The molecular formula is C9H17NO. The van der Waals surface area contributed by atoms with Gasteiger partial charge in [-0.3, -0.25) is 4.79 Å². The number of likely N-dealkylation sites (N-methyl/N-ethyl adjacent to an activating group) is 1. The fourth-order valence-electron chi connectivity index (χ4n) is 0.785. The second kappa shape index (κ2) is 5.08. The van der Waals surface area contributed by atoms with E-state index in [0.717, 1.165) is 12.0 Å². The third-order valence-electron chi connectivity index (χ3n) is 1.32. The van der Waals surface area contributed by atoms with Crippen LogP contribution >= 0.6 is 0 Å². The quantitative estimate of drug-likeness (QED) is 0.560. The molecule has 0 radical (unpaired) electrons. The van der Waals surface area contributed by atoms with Gasteiger partial charge in [0.2, 0.25) is 0 Å². The lowest BCUT2D eigenvalue weighted by atomic mass is 10.1. The van der Waals surface area contributed by atoms with Gasteiger partial charge in [0.15, 0.2) is 0 Å². The van der Waals surface area contributed by atoms with Gasteiger partial charge in [0.25, 0.3) is 0 Å². The van der Waals surface area contributed by atoms with Crippen LogP contribution in [0.1, 0.15) is 19.8 Å². The second-order valence-electron chi connectivity index (χ2n) is 3.23. The summed E-state index contributed by atoms with van der Waals surface area (Å²) in [6.45, 7) is 6.24. The van der Waals surface area contributed by atoms with Gasteiger partial charge in [-0.1, -0.05) is 5.57 Å². The van der Waals surface area contributed by atoms with Gasteiger partial charge in [0.1, 0.15) is 5.78 Å². The Morgan fingerprint density at radius 2 is 1.91 bits per heavy atom. The predicted octanol–water partition coefficient (Wildman–Crippen LogP) is 1.47. The van der Waals surface area contributed by atoms with Crippen LogP contribution in [0.3, 0.4) is 0 Å². The average molecular weight is 155 g/mol. The molecule has 0 rings (SSSR count). The van der Waals surface area contributed by atoms with Crippen molar-refractivity contribution in [3.8, 4) is 0 Å². The van der Waals surface area contributed by atoms with Crippen molar-refractivity contribution < 1.29 is 4.79 Å². The average Bonchev–Trinajstić information content (AvgIpc) is 1.82. The van der Waals surface area contributed by atoms with Crippen molar-refractivity contribution in [3.05, 3.63) is 12.2 Å². The van der Waals surface area contributed by atoms with Crippen LogP contribution in [0.15, 0.2) is 12.2 Å². The summed E-state index contributed by atoms with van der Waals surface area (Å²) >= 11 is 0. The summed E-state index contributed by atoms with van der Waals surface area (Å²) in [4.78, 5) is 13.0. The Morgan fingerprint density at radius 3 is 2.27 bits per heavy atom. The minimum Gasteiger partial charge on any atom is -0.302 e. The van der Waals surface area contributed by atoms with E-state index in [1.807, 2.05) is 25.9 Å². The van der Waals surface area contributed by atoms with Crippen molar-refractivity contribution in [1.29, 1.82) is 0 Å². The number of nitrogens with zero attached hydrogens (tertiary/aromatic N) is 1. The first-order chi connectivity index (χ1) is 5.02. The first-order valence-corrected chi connectivity index (χ1v) is 3.83. The van der Waals surface area contributed by atoms with Crippen molar-refractivity contribution in [2.45, 2.75) is 19.8 Å². The van der Waals surface area contributed by atoms with Crippen molar-refractivity contribution in [3.63, 3.8) is 0 Å². The second-order valence-corrected chi connectivity index (χ2v) is 3.23. The molecule has 0 heterocycles. The molecule has 0 atom stereocenters. The Kier molecular flexibility index (Phi) is 4.79. The number of Topliss-reactive ketones (excluding diaryl/α,β-unsaturated/α-hetero) is 1. The highest BCUT2D eigenvalue weighted by Crippen LogP contribution is 2.00. The molecular weight excluding hydrogens is 138 g/mol. The molecule has 0 aromatic carbocycles. The zero-order chi connectivity index (χ0) is 8.85. The van der Waals surface area contributed by atoms with Crippen molar-refractivity contribution in [2.24, 2.45) is 0 Å². The van der Waals surface area contributed by atoms with Crippen LogP contribution in [-0.2, 0) is 4.79 Å². The molecule has 0 spiro atoms. The van der Waals surface area contributed by atoms with Crippen LogP contribution < -0.4 is 0 Å². The summed E-state index contributed by atoms with van der Waals surface area (Å²) < 4.78 is 0. The summed E-state index contributed by atoms with van der Waals surface area (Å²) in [7, 11) is 3.80. The molecule has 0 aliphatic rings. The van der Waals surface area contributed by atoms with Gasteiger partial charge in [-0.25, -0.2) is 0 Å². The standard InChI is InChI=1S/C9H17NO/c1-8(2)5-6-9(11)7-10(3)4/h1,5-7H2,2-4H3. The Bertz CT molecular complexity index is 150. The number of carbonyl (C=O) groups excluding carboxylic acids is 1. The highest BCUT2D eigenvalue weighted by atomic mass is 16.1. The maximum Gasteiger partial charge on any atom is 0.147 e. The van der Waals surface area contributed by atoms with Crippen molar-refractivity contribution in [2.75, 3.05) is 20.6 Å². The van der Waals surface area contributed by atoms with E-state index >= 15 is 0 Å². The normalized spacial score (nSPS) is 10.2. The first-order valence-electron chi connectivity index (χ1n) is 3.83. The van der Waals surface area contributed by atoms with Crippen LogP contribution in [0.2, 0.25) is 0 Å².